The molecule has 1 aromatic carbocycles. The molecule has 1 amide bonds. The van der Waals surface area contributed by atoms with Crippen molar-refractivity contribution in [3.05, 3.63) is 39.7 Å². The fourth-order valence-electron chi connectivity index (χ4n) is 3.22. The third kappa shape index (κ3) is 5.51. The number of rotatable bonds is 7. The van der Waals surface area contributed by atoms with Crippen LogP contribution in [0.25, 0.3) is 0 Å². The van der Waals surface area contributed by atoms with Crippen LogP contribution < -0.4 is 5.32 Å². The van der Waals surface area contributed by atoms with E-state index in [1.165, 1.54) is 6.07 Å². The van der Waals surface area contributed by atoms with Gasteiger partial charge in [0.1, 0.15) is 5.82 Å². The van der Waals surface area contributed by atoms with Crippen LogP contribution in [0.4, 0.5) is 10.1 Å². The molecular weight excluding hydrogens is 331 g/mol. The van der Waals surface area contributed by atoms with Gasteiger partial charge in [-0.05, 0) is 24.5 Å². The lowest BCUT2D eigenvalue weighted by molar-refractivity contribution is -0.385. The summed E-state index contributed by atoms with van der Waals surface area (Å²) < 4.78 is 14.2. The van der Waals surface area contributed by atoms with E-state index in [1.807, 2.05) is 0 Å². The van der Waals surface area contributed by atoms with Gasteiger partial charge in [-0.25, -0.2) is 4.39 Å². The van der Waals surface area contributed by atoms with Crippen molar-refractivity contribution in [2.24, 2.45) is 0 Å². The number of hydrogen-bond acceptors (Lipinski definition) is 4. The number of non-ortho nitro benzene ring substituents is 1. The van der Waals surface area contributed by atoms with Crippen LogP contribution in [-0.4, -0.2) is 27.9 Å². The molecule has 0 saturated heterocycles. The summed E-state index contributed by atoms with van der Waals surface area (Å²) >= 11 is 0. The summed E-state index contributed by atoms with van der Waals surface area (Å²) in [6, 6.07) is 3.14. The number of amides is 1. The molecule has 0 heterocycles. The quantitative estimate of drug-likeness (QED) is 0.579. The molecule has 0 aromatic heterocycles. The van der Waals surface area contributed by atoms with Crippen LogP contribution in [-0.2, 0) is 9.59 Å². The molecule has 0 aliphatic heterocycles. The van der Waals surface area contributed by atoms with E-state index in [-0.39, 0.29) is 23.9 Å². The number of carboxylic acid groups (broad SMARTS) is 1. The molecule has 0 spiro atoms. The molecule has 2 rings (SSSR count). The third-order valence-electron chi connectivity index (χ3n) is 4.46. The normalized spacial score (nSPS) is 16.2. The molecule has 0 radical (unpaired) electrons. The first-order valence-electron chi connectivity index (χ1n) is 8.32. The van der Waals surface area contributed by atoms with E-state index in [9.17, 15) is 24.1 Å². The molecule has 25 heavy (non-hydrogen) atoms. The zero-order valence-electron chi connectivity index (χ0n) is 13.7. The Balaban J connectivity index is 2.11. The van der Waals surface area contributed by atoms with Crippen LogP contribution in [0, 0.1) is 15.9 Å². The summed E-state index contributed by atoms with van der Waals surface area (Å²) in [5.74, 6) is -3.23. The van der Waals surface area contributed by atoms with E-state index in [1.54, 1.807) is 0 Å². The highest BCUT2D eigenvalue weighted by molar-refractivity contribution is 5.78. The molecule has 136 valence electrons. The number of carbonyl (C=O) groups excluding carboxylic acids is 1. The third-order valence-corrected chi connectivity index (χ3v) is 4.46. The molecule has 2 N–H and O–H groups in total. The molecule has 1 aliphatic rings. The van der Waals surface area contributed by atoms with Crippen molar-refractivity contribution in [2.75, 3.05) is 0 Å². The lowest BCUT2D eigenvalue weighted by Gasteiger charge is -2.24. The number of nitrogens with zero attached hydrogens (tertiary/aromatic N) is 1. The monoisotopic (exact) mass is 352 g/mol. The number of aliphatic carboxylic acids is 1. The highest BCUT2D eigenvalue weighted by atomic mass is 19.1. The van der Waals surface area contributed by atoms with E-state index in [0.29, 0.717) is 0 Å². The van der Waals surface area contributed by atoms with Crippen molar-refractivity contribution in [3.8, 4) is 0 Å². The van der Waals surface area contributed by atoms with Crippen molar-refractivity contribution in [2.45, 2.75) is 56.9 Å². The van der Waals surface area contributed by atoms with Gasteiger partial charge in [0.05, 0.1) is 17.4 Å². The lowest BCUT2D eigenvalue weighted by atomic mass is 9.90. The Bertz CT molecular complexity index is 658. The van der Waals surface area contributed by atoms with E-state index in [2.05, 4.69) is 5.32 Å². The zero-order chi connectivity index (χ0) is 18.4. The topological polar surface area (TPSA) is 110 Å². The smallest absolute Gasteiger partial charge is 0.303 e. The van der Waals surface area contributed by atoms with E-state index < -0.39 is 34.7 Å². The summed E-state index contributed by atoms with van der Waals surface area (Å²) in [5.41, 5.74) is -0.409. The second-order valence-corrected chi connectivity index (χ2v) is 6.36. The molecule has 1 aromatic rings. The minimum Gasteiger partial charge on any atom is -0.481 e. The maximum Gasteiger partial charge on any atom is 0.303 e. The van der Waals surface area contributed by atoms with Gasteiger partial charge in [-0.3, -0.25) is 19.7 Å². The van der Waals surface area contributed by atoms with Gasteiger partial charge in [0.2, 0.25) is 5.91 Å². The Morgan fingerprint density at radius 3 is 2.52 bits per heavy atom. The van der Waals surface area contributed by atoms with Crippen LogP contribution in [0.5, 0.6) is 0 Å². The molecule has 8 heteroatoms. The predicted octanol–water partition coefficient (Wildman–Crippen LogP) is 3.13. The van der Waals surface area contributed by atoms with E-state index in [4.69, 9.17) is 5.11 Å². The molecule has 1 aliphatic carbocycles. The number of nitrogens with one attached hydrogen (secondary N) is 1. The maximum atomic E-state index is 14.2. The fraction of sp³-hybridized carbons (Fsp3) is 0.529. The van der Waals surface area contributed by atoms with Crippen LogP contribution in [0.15, 0.2) is 18.2 Å². The number of halogens is 1. The number of nitro groups is 1. The van der Waals surface area contributed by atoms with E-state index >= 15 is 0 Å². The Morgan fingerprint density at radius 1 is 1.28 bits per heavy atom. The Kier molecular flexibility index (Phi) is 6.44. The van der Waals surface area contributed by atoms with Gasteiger partial charge in [-0.15, -0.1) is 0 Å². The standard InChI is InChI=1S/C17H21FN2O5/c18-15-10-13(20(24)25)6-7-14(15)11(9-17(22)23)8-16(21)19-12-4-2-1-3-5-12/h6-7,10-12H,1-5,8-9H2,(H,19,21)(H,22,23). The van der Waals surface area contributed by atoms with Crippen LogP contribution in [0.1, 0.15) is 56.4 Å². The van der Waals surface area contributed by atoms with Crippen molar-refractivity contribution >= 4 is 17.6 Å². The first kappa shape index (κ1) is 18.8. The first-order valence-corrected chi connectivity index (χ1v) is 8.32. The van der Waals surface area contributed by atoms with Crippen molar-refractivity contribution in [1.29, 1.82) is 0 Å². The predicted molar refractivity (Wildman–Crippen MR) is 87.7 cm³/mol. The molecule has 1 fully saturated rings. The van der Waals surface area contributed by atoms with Gasteiger partial charge in [0.15, 0.2) is 0 Å². The van der Waals surface area contributed by atoms with Crippen LogP contribution >= 0.6 is 0 Å². The summed E-state index contributed by atoms with van der Waals surface area (Å²) in [7, 11) is 0. The van der Waals surface area contributed by atoms with Gasteiger partial charge in [-0.1, -0.05) is 19.3 Å². The van der Waals surface area contributed by atoms with E-state index in [0.717, 1.165) is 44.2 Å². The Labute approximate surface area is 144 Å². The number of carboxylic acids is 1. The highest BCUT2D eigenvalue weighted by Crippen LogP contribution is 2.29. The number of nitro benzene ring substituents is 1. The average molecular weight is 352 g/mol. The first-order chi connectivity index (χ1) is 11.9. The molecule has 1 saturated carbocycles. The molecular formula is C17H21FN2O5. The minimum absolute atomic E-state index is 0.00629. The summed E-state index contributed by atoms with van der Waals surface area (Å²) in [4.78, 5) is 33.3. The van der Waals surface area contributed by atoms with Crippen molar-refractivity contribution < 1.29 is 24.0 Å². The second-order valence-electron chi connectivity index (χ2n) is 6.36. The van der Waals surface area contributed by atoms with Gasteiger partial charge in [0.25, 0.3) is 5.69 Å². The number of benzene rings is 1. The summed E-state index contributed by atoms with van der Waals surface area (Å²) in [6.45, 7) is 0. The minimum atomic E-state index is -1.16. The van der Waals surface area contributed by atoms with Gasteiger partial charge < -0.3 is 10.4 Å². The Hall–Kier alpha value is -2.51. The number of carbonyl (C=O) groups is 2. The number of hydrogen-bond donors (Lipinski definition) is 2. The Morgan fingerprint density at radius 2 is 1.96 bits per heavy atom. The summed E-state index contributed by atoms with van der Waals surface area (Å²) in [6.07, 6.45) is 4.41. The van der Waals surface area contributed by atoms with Crippen molar-refractivity contribution in [1.82, 2.24) is 5.32 Å². The molecule has 7 nitrogen and oxygen atoms in total. The fourth-order valence-corrected chi connectivity index (χ4v) is 3.22. The molecule has 1 atom stereocenters. The van der Waals surface area contributed by atoms with Crippen molar-refractivity contribution in [3.63, 3.8) is 0 Å². The lowest BCUT2D eigenvalue weighted by Crippen LogP contribution is -2.37. The van der Waals surface area contributed by atoms with Gasteiger partial charge >= 0.3 is 5.97 Å². The maximum absolute atomic E-state index is 14.2. The summed E-state index contributed by atoms with van der Waals surface area (Å²) in [5, 5.41) is 22.6. The molecule has 1 unspecified atom stereocenters. The van der Waals surface area contributed by atoms with Crippen LogP contribution in [0.3, 0.4) is 0 Å². The zero-order valence-corrected chi connectivity index (χ0v) is 13.7. The highest BCUT2D eigenvalue weighted by Gasteiger charge is 2.25. The van der Waals surface area contributed by atoms with Crippen LogP contribution in [0.2, 0.25) is 0 Å². The van der Waals surface area contributed by atoms with Gasteiger partial charge in [0, 0.05) is 24.4 Å². The average Bonchev–Trinajstić information content (AvgIpc) is 2.54. The SMILES string of the molecule is O=C(O)CC(CC(=O)NC1CCCCC1)c1ccc([N+](=O)[O-])cc1F. The molecule has 0 bridgehead atoms. The second kappa shape index (κ2) is 8.55. The largest absolute Gasteiger partial charge is 0.481 e. The van der Waals surface area contributed by atoms with Gasteiger partial charge in [-0.2, -0.15) is 0 Å².